The molecule has 0 aliphatic rings. The number of rotatable bonds is 2. The summed E-state index contributed by atoms with van der Waals surface area (Å²) in [6.07, 6.45) is 0. The molecule has 0 saturated carbocycles. The Kier molecular flexibility index (Phi) is 2.60. The van der Waals surface area contributed by atoms with E-state index in [4.69, 9.17) is 16.0 Å². The predicted molar refractivity (Wildman–Crippen MR) is 58.3 cm³/mol. The lowest BCUT2D eigenvalue weighted by molar-refractivity contribution is 0.101. The maximum atomic E-state index is 11.9. The molecule has 0 aliphatic carbocycles. The van der Waals surface area contributed by atoms with Crippen molar-refractivity contribution in [2.75, 3.05) is 0 Å². The minimum atomic E-state index is -0.148. The van der Waals surface area contributed by atoms with Crippen LogP contribution >= 0.6 is 11.6 Å². The average Bonchev–Trinajstić information content (AvgIpc) is 2.64. The molecule has 0 amide bonds. The number of ketones is 1. The quantitative estimate of drug-likeness (QED) is 0.726. The van der Waals surface area contributed by atoms with Gasteiger partial charge in [0.1, 0.15) is 0 Å². The molecule has 0 unspecified atom stereocenters. The van der Waals surface area contributed by atoms with Gasteiger partial charge in [-0.25, -0.2) is 0 Å². The topological polar surface area (TPSA) is 30.2 Å². The van der Waals surface area contributed by atoms with Gasteiger partial charge in [0.2, 0.25) is 5.78 Å². The van der Waals surface area contributed by atoms with Crippen molar-refractivity contribution in [3.63, 3.8) is 0 Å². The Bertz CT molecular complexity index is 500. The molecular formula is C12H9ClO2. The SMILES string of the molecule is Cc1cccc(C(=O)c2ccc(Cl)o2)c1. The number of benzene rings is 1. The van der Waals surface area contributed by atoms with E-state index in [9.17, 15) is 4.79 Å². The zero-order valence-corrected chi connectivity index (χ0v) is 8.91. The molecule has 0 atom stereocenters. The number of carbonyl (C=O) groups excluding carboxylic acids is 1. The van der Waals surface area contributed by atoms with Gasteiger partial charge in [-0.15, -0.1) is 0 Å². The van der Waals surface area contributed by atoms with E-state index in [1.807, 2.05) is 25.1 Å². The smallest absolute Gasteiger partial charge is 0.228 e. The summed E-state index contributed by atoms with van der Waals surface area (Å²) in [5.74, 6) is 0.121. The van der Waals surface area contributed by atoms with Crippen LogP contribution in [0.2, 0.25) is 5.22 Å². The van der Waals surface area contributed by atoms with Crippen molar-refractivity contribution in [1.82, 2.24) is 0 Å². The van der Waals surface area contributed by atoms with Crippen LogP contribution < -0.4 is 0 Å². The molecule has 2 rings (SSSR count). The van der Waals surface area contributed by atoms with Gasteiger partial charge in [0.25, 0.3) is 0 Å². The number of hydrogen-bond donors (Lipinski definition) is 0. The average molecular weight is 221 g/mol. The van der Waals surface area contributed by atoms with E-state index < -0.39 is 0 Å². The standard InChI is InChI=1S/C12H9ClO2/c1-8-3-2-4-9(7-8)12(14)10-5-6-11(13)15-10/h2-7H,1H3. The lowest BCUT2D eigenvalue weighted by Crippen LogP contribution is -1.99. The van der Waals surface area contributed by atoms with Crippen molar-refractivity contribution in [2.24, 2.45) is 0 Å². The number of halogens is 1. The highest BCUT2D eigenvalue weighted by Crippen LogP contribution is 2.17. The fourth-order valence-electron chi connectivity index (χ4n) is 1.36. The van der Waals surface area contributed by atoms with E-state index in [1.54, 1.807) is 18.2 Å². The summed E-state index contributed by atoms with van der Waals surface area (Å²) in [7, 11) is 0. The third kappa shape index (κ3) is 2.10. The third-order valence-corrected chi connectivity index (χ3v) is 2.28. The van der Waals surface area contributed by atoms with E-state index in [0.29, 0.717) is 5.56 Å². The maximum Gasteiger partial charge on any atom is 0.228 e. The lowest BCUT2D eigenvalue weighted by atomic mass is 10.1. The van der Waals surface area contributed by atoms with Crippen molar-refractivity contribution < 1.29 is 9.21 Å². The number of furan rings is 1. The normalized spacial score (nSPS) is 10.3. The van der Waals surface area contributed by atoms with Gasteiger partial charge in [-0.3, -0.25) is 4.79 Å². The fraction of sp³-hybridized carbons (Fsp3) is 0.0833. The molecule has 1 aromatic heterocycles. The van der Waals surface area contributed by atoms with E-state index >= 15 is 0 Å². The molecule has 15 heavy (non-hydrogen) atoms. The van der Waals surface area contributed by atoms with Crippen LogP contribution in [0.25, 0.3) is 0 Å². The zero-order valence-electron chi connectivity index (χ0n) is 8.16. The Labute approximate surface area is 92.5 Å². The summed E-state index contributed by atoms with van der Waals surface area (Å²) in [5.41, 5.74) is 1.65. The van der Waals surface area contributed by atoms with E-state index in [2.05, 4.69) is 0 Å². The molecule has 0 bridgehead atoms. The summed E-state index contributed by atoms with van der Waals surface area (Å²) in [6.45, 7) is 1.94. The Morgan fingerprint density at radius 2 is 2.07 bits per heavy atom. The zero-order chi connectivity index (χ0) is 10.8. The van der Waals surface area contributed by atoms with Gasteiger partial charge in [-0.2, -0.15) is 0 Å². The van der Waals surface area contributed by atoms with E-state index in [-0.39, 0.29) is 16.8 Å². The molecule has 0 saturated heterocycles. The molecule has 1 heterocycles. The van der Waals surface area contributed by atoms with Crippen LogP contribution in [0.15, 0.2) is 40.8 Å². The fourth-order valence-corrected chi connectivity index (χ4v) is 1.51. The van der Waals surface area contributed by atoms with Crippen LogP contribution in [-0.4, -0.2) is 5.78 Å². The largest absolute Gasteiger partial charge is 0.441 e. The Balaban J connectivity index is 2.36. The summed E-state index contributed by atoms with van der Waals surface area (Å²) in [4.78, 5) is 11.9. The van der Waals surface area contributed by atoms with Crippen molar-refractivity contribution in [1.29, 1.82) is 0 Å². The molecule has 0 radical (unpaired) electrons. The summed E-state index contributed by atoms with van der Waals surface area (Å²) < 4.78 is 5.06. The highest BCUT2D eigenvalue weighted by Gasteiger charge is 2.12. The molecule has 2 aromatic rings. The van der Waals surface area contributed by atoms with Crippen LogP contribution in [0.1, 0.15) is 21.7 Å². The highest BCUT2D eigenvalue weighted by atomic mass is 35.5. The number of hydrogen-bond acceptors (Lipinski definition) is 2. The first kappa shape index (κ1) is 9.99. The first-order chi connectivity index (χ1) is 7.16. The van der Waals surface area contributed by atoms with Crippen molar-refractivity contribution in [3.8, 4) is 0 Å². The first-order valence-corrected chi connectivity index (χ1v) is 4.91. The van der Waals surface area contributed by atoms with Gasteiger partial charge in [-0.05, 0) is 36.7 Å². The van der Waals surface area contributed by atoms with Crippen LogP contribution in [0.5, 0.6) is 0 Å². The molecule has 76 valence electrons. The number of carbonyl (C=O) groups is 1. The summed E-state index contributed by atoms with van der Waals surface area (Å²) in [6, 6.07) is 10.5. The summed E-state index contributed by atoms with van der Waals surface area (Å²) in [5, 5.41) is 0.228. The van der Waals surface area contributed by atoms with Crippen LogP contribution in [0.3, 0.4) is 0 Å². The minimum Gasteiger partial charge on any atom is -0.441 e. The van der Waals surface area contributed by atoms with Crippen molar-refractivity contribution in [3.05, 3.63) is 58.5 Å². The van der Waals surface area contributed by atoms with Crippen LogP contribution in [0, 0.1) is 6.92 Å². The van der Waals surface area contributed by atoms with Crippen LogP contribution in [-0.2, 0) is 0 Å². The molecule has 3 heteroatoms. The van der Waals surface area contributed by atoms with Gasteiger partial charge >= 0.3 is 0 Å². The second-order valence-electron chi connectivity index (χ2n) is 3.30. The van der Waals surface area contributed by atoms with Gasteiger partial charge in [-0.1, -0.05) is 23.8 Å². The Hall–Kier alpha value is -1.54. The number of aryl methyl sites for hydroxylation is 1. The minimum absolute atomic E-state index is 0.148. The molecule has 0 spiro atoms. The molecule has 0 fully saturated rings. The monoisotopic (exact) mass is 220 g/mol. The Morgan fingerprint density at radius 3 is 2.67 bits per heavy atom. The molecule has 1 aromatic carbocycles. The third-order valence-electron chi connectivity index (χ3n) is 2.08. The summed E-state index contributed by atoms with van der Waals surface area (Å²) >= 11 is 5.60. The maximum absolute atomic E-state index is 11.9. The van der Waals surface area contributed by atoms with Gasteiger partial charge in [0, 0.05) is 5.56 Å². The molecule has 0 N–H and O–H groups in total. The first-order valence-electron chi connectivity index (χ1n) is 4.53. The second kappa shape index (κ2) is 3.91. The predicted octanol–water partition coefficient (Wildman–Crippen LogP) is 3.47. The molecular weight excluding hydrogens is 212 g/mol. The van der Waals surface area contributed by atoms with Gasteiger partial charge in [0.15, 0.2) is 11.0 Å². The van der Waals surface area contributed by atoms with Crippen molar-refractivity contribution in [2.45, 2.75) is 6.92 Å². The second-order valence-corrected chi connectivity index (χ2v) is 3.67. The van der Waals surface area contributed by atoms with Gasteiger partial charge in [0.05, 0.1) is 0 Å². The lowest BCUT2D eigenvalue weighted by Gasteiger charge is -1.98. The van der Waals surface area contributed by atoms with Crippen LogP contribution in [0.4, 0.5) is 0 Å². The van der Waals surface area contributed by atoms with E-state index in [0.717, 1.165) is 5.56 Å². The molecule has 0 aliphatic heterocycles. The van der Waals surface area contributed by atoms with Crippen molar-refractivity contribution >= 4 is 17.4 Å². The van der Waals surface area contributed by atoms with Gasteiger partial charge < -0.3 is 4.42 Å². The molecule has 2 nitrogen and oxygen atoms in total. The highest BCUT2D eigenvalue weighted by molar-refractivity contribution is 6.29. The van der Waals surface area contributed by atoms with E-state index in [1.165, 1.54) is 0 Å². The Morgan fingerprint density at radius 1 is 1.27 bits per heavy atom.